The van der Waals surface area contributed by atoms with Gasteiger partial charge in [0.2, 0.25) is 0 Å². The maximum atomic E-state index is 13.6. The molecule has 1 nitrogen and oxygen atoms in total. The largest absolute Gasteiger partial charge is 0.320 e. The Hall–Kier alpha value is -0.970. The fraction of sp³-hybridized carbons (Fsp3) is 0.0769. The van der Waals surface area contributed by atoms with Crippen LogP contribution in [0.5, 0.6) is 0 Å². The molecule has 1 unspecified atom stereocenters. The topological polar surface area (TPSA) is 26.0 Å². The molecule has 0 aliphatic heterocycles. The second kappa shape index (κ2) is 5.34. The van der Waals surface area contributed by atoms with Gasteiger partial charge in [-0.1, -0.05) is 29.8 Å². The normalized spacial score (nSPS) is 12.5. The first-order valence-electron chi connectivity index (χ1n) is 5.15. The first kappa shape index (κ1) is 13.5. The van der Waals surface area contributed by atoms with Crippen LogP contribution in [0.3, 0.4) is 0 Å². The van der Waals surface area contributed by atoms with Gasteiger partial charge in [0, 0.05) is 16.1 Å². The molecule has 0 aromatic heterocycles. The van der Waals surface area contributed by atoms with Crippen molar-refractivity contribution in [3.05, 3.63) is 68.7 Å². The molecule has 2 aromatic rings. The molecule has 1 atom stereocenters. The van der Waals surface area contributed by atoms with E-state index in [4.69, 9.17) is 17.3 Å². The Morgan fingerprint density at radius 3 is 2.50 bits per heavy atom. The first-order valence-corrected chi connectivity index (χ1v) is 6.32. The zero-order chi connectivity index (χ0) is 13.3. The first-order chi connectivity index (χ1) is 8.50. The summed E-state index contributed by atoms with van der Waals surface area (Å²) in [7, 11) is 0. The fourth-order valence-electron chi connectivity index (χ4n) is 1.68. The molecule has 0 amide bonds. The van der Waals surface area contributed by atoms with Crippen molar-refractivity contribution >= 4 is 27.5 Å². The molecule has 0 saturated carbocycles. The van der Waals surface area contributed by atoms with Gasteiger partial charge in [-0.2, -0.15) is 0 Å². The van der Waals surface area contributed by atoms with Gasteiger partial charge in [-0.05, 0) is 33.6 Å². The Bertz CT molecular complexity index is 589. The number of halogens is 4. The average molecular weight is 333 g/mol. The number of benzene rings is 2. The molecule has 2 rings (SSSR count). The zero-order valence-electron chi connectivity index (χ0n) is 9.13. The number of nitrogens with two attached hydrogens (primary N) is 1. The third-order valence-corrected chi connectivity index (χ3v) is 3.93. The van der Waals surface area contributed by atoms with Crippen molar-refractivity contribution in [2.75, 3.05) is 0 Å². The minimum atomic E-state index is -0.740. The van der Waals surface area contributed by atoms with Gasteiger partial charge in [0.1, 0.15) is 11.6 Å². The molecule has 2 N–H and O–H groups in total. The minimum Gasteiger partial charge on any atom is -0.320 e. The quantitative estimate of drug-likeness (QED) is 0.865. The van der Waals surface area contributed by atoms with Gasteiger partial charge < -0.3 is 5.73 Å². The third-order valence-electron chi connectivity index (χ3n) is 2.61. The third kappa shape index (κ3) is 2.55. The summed E-state index contributed by atoms with van der Waals surface area (Å²) in [4.78, 5) is 0. The predicted octanol–water partition coefficient (Wildman–Crippen LogP) is 4.43. The molecule has 0 fully saturated rings. The van der Waals surface area contributed by atoms with Gasteiger partial charge in [-0.15, -0.1) is 0 Å². The molecule has 2 aromatic carbocycles. The molecule has 0 aliphatic carbocycles. The number of hydrogen-bond acceptors (Lipinski definition) is 1. The van der Waals surface area contributed by atoms with Crippen molar-refractivity contribution in [1.82, 2.24) is 0 Å². The van der Waals surface area contributed by atoms with Crippen molar-refractivity contribution in [3.8, 4) is 0 Å². The summed E-state index contributed by atoms with van der Waals surface area (Å²) in [6.45, 7) is 0. The lowest BCUT2D eigenvalue weighted by molar-refractivity contribution is 0.566. The molecule has 94 valence electrons. The highest BCUT2D eigenvalue weighted by atomic mass is 79.9. The summed E-state index contributed by atoms with van der Waals surface area (Å²) in [5, 5.41) is 0.425. The van der Waals surface area contributed by atoms with Crippen LogP contribution in [0.4, 0.5) is 8.78 Å². The molecular formula is C13H9BrClF2N. The van der Waals surface area contributed by atoms with Crippen LogP contribution in [0.15, 0.2) is 40.9 Å². The van der Waals surface area contributed by atoms with Gasteiger partial charge in [-0.25, -0.2) is 8.78 Å². The van der Waals surface area contributed by atoms with Crippen molar-refractivity contribution < 1.29 is 8.78 Å². The molecule has 18 heavy (non-hydrogen) atoms. The Morgan fingerprint density at radius 2 is 1.83 bits per heavy atom. The lowest BCUT2D eigenvalue weighted by Crippen LogP contribution is -2.14. The molecule has 0 saturated heterocycles. The van der Waals surface area contributed by atoms with E-state index in [9.17, 15) is 8.78 Å². The van der Waals surface area contributed by atoms with Gasteiger partial charge >= 0.3 is 0 Å². The second-order valence-corrected chi connectivity index (χ2v) is 5.02. The Kier molecular flexibility index (Phi) is 4.00. The van der Waals surface area contributed by atoms with Crippen molar-refractivity contribution in [2.24, 2.45) is 5.73 Å². The highest BCUT2D eigenvalue weighted by Gasteiger charge is 2.17. The van der Waals surface area contributed by atoms with E-state index in [-0.39, 0.29) is 5.56 Å². The molecular weight excluding hydrogens is 324 g/mol. The van der Waals surface area contributed by atoms with E-state index in [0.29, 0.717) is 15.1 Å². The highest BCUT2D eigenvalue weighted by Crippen LogP contribution is 2.32. The maximum absolute atomic E-state index is 13.6. The lowest BCUT2D eigenvalue weighted by Gasteiger charge is -2.15. The van der Waals surface area contributed by atoms with Crippen molar-refractivity contribution in [3.63, 3.8) is 0 Å². The Labute approximate surface area is 117 Å². The smallest absolute Gasteiger partial charge is 0.131 e. The monoisotopic (exact) mass is 331 g/mol. The summed E-state index contributed by atoms with van der Waals surface area (Å²) in [5.41, 5.74) is 6.75. The van der Waals surface area contributed by atoms with Crippen LogP contribution >= 0.6 is 27.5 Å². The van der Waals surface area contributed by atoms with E-state index in [2.05, 4.69) is 15.9 Å². The van der Waals surface area contributed by atoms with Crippen LogP contribution in [0, 0.1) is 11.6 Å². The van der Waals surface area contributed by atoms with Gasteiger partial charge in [0.15, 0.2) is 0 Å². The number of hydrogen-bond donors (Lipinski definition) is 1. The minimum absolute atomic E-state index is 0.205. The second-order valence-electron chi connectivity index (χ2n) is 3.79. The van der Waals surface area contributed by atoms with Gasteiger partial charge in [-0.3, -0.25) is 0 Å². The Balaban J connectivity index is 2.48. The predicted molar refractivity (Wildman–Crippen MR) is 71.5 cm³/mol. The van der Waals surface area contributed by atoms with Crippen LogP contribution in [-0.2, 0) is 0 Å². The lowest BCUT2D eigenvalue weighted by atomic mass is 9.99. The van der Waals surface area contributed by atoms with E-state index in [1.165, 1.54) is 12.1 Å². The van der Waals surface area contributed by atoms with E-state index in [1.54, 1.807) is 18.2 Å². The van der Waals surface area contributed by atoms with Gasteiger partial charge in [0.25, 0.3) is 0 Å². The van der Waals surface area contributed by atoms with E-state index >= 15 is 0 Å². The van der Waals surface area contributed by atoms with Crippen molar-refractivity contribution in [1.29, 1.82) is 0 Å². The fourth-order valence-corrected chi connectivity index (χ4v) is 2.31. The number of rotatable bonds is 2. The SMILES string of the molecule is NC(c1ccc(F)cc1F)c1cccc(Br)c1Cl. The average Bonchev–Trinajstić information content (AvgIpc) is 2.32. The summed E-state index contributed by atoms with van der Waals surface area (Å²) in [5.74, 6) is -1.32. The molecule has 0 spiro atoms. The van der Waals surface area contributed by atoms with Crippen LogP contribution in [0.1, 0.15) is 17.2 Å². The summed E-state index contributed by atoms with van der Waals surface area (Å²) in [6, 6.07) is 7.79. The summed E-state index contributed by atoms with van der Waals surface area (Å²) < 4.78 is 27.2. The molecule has 0 bridgehead atoms. The van der Waals surface area contributed by atoms with Crippen LogP contribution in [-0.4, -0.2) is 0 Å². The van der Waals surface area contributed by atoms with Crippen LogP contribution < -0.4 is 5.73 Å². The molecule has 0 heterocycles. The standard InChI is InChI=1S/C13H9BrClF2N/c14-10-3-1-2-9(12(10)15)13(18)8-5-4-7(16)6-11(8)17/h1-6,13H,18H2. The van der Waals surface area contributed by atoms with Crippen LogP contribution in [0.2, 0.25) is 5.02 Å². The molecule has 5 heteroatoms. The maximum Gasteiger partial charge on any atom is 0.131 e. The summed E-state index contributed by atoms with van der Waals surface area (Å²) >= 11 is 9.37. The van der Waals surface area contributed by atoms with Crippen LogP contribution in [0.25, 0.3) is 0 Å². The van der Waals surface area contributed by atoms with E-state index in [0.717, 1.165) is 6.07 Å². The summed E-state index contributed by atoms with van der Waals surface area (Å²) in [6.07, 6.45) is 0. The molecule has 0 radical (unpaired) electrons. The zero-order valence-corrected chi connectivity index (χ0v) is 11.5. The highest BCUT2D eigenvalue weighted by molar-refractivity contribution is 9.10. The van der Waals surface area contributed by atoms with E-state index in [1.807, 2.05) is 0 Å². The van der Waals surface area contributed by atoms with Crippen molar-refractivity contribution in [2.45, 2.75) is 6.04 Å². The van der Waals surface area contributed by atoms with E-state index < -0.39 is 17.7 Å². The van der Waals surface area contributed by atoms with Gasteiger partial charge in [0.05, 0.1) is 11.1 Å². The Morgan fingerprint density at radius 1 is 1.11 bits per heavy atom. The molecule has 0 aliphatic rings.